The first-order valence-corrected chi connectivity index (χ1v) is 4.93. The summed E-state index contributed by atoms with van der Waals surface area (Å²) in [5.74, 6) is -6.15. The van der Waals surface area contributed by atoms with Crippen molar-refractivity contribution in [2.45, 2.75) is 30.4 Å². The largest absolute Gasteiger partial charge is 0.252 e. The van der Waals surface area contributed by atoms with Gasteiger partial charge in [0.05, 0.1) is 4.90 Å². The molecule has 0 saturated heterocycles. The summed E-state index contributed by atoms with van der Waals surface area (Å²) in [5, 5.41) is 0. The van der Waals surface area contributed by atoms with Crippen LogP contribution in [0.1, 0.15) is 20.8 Å². The van der Waals surface area contributed by atoms with E-state index in [-0.39, 0.29) is 0 Å². The van der Waals surface area contributed by atoms with Crippen molar-refractivity contribution in [3.8, 4) is 0 Å². The van der Waals surface area contributed by atoms with Crippen molar-refractivity contribution in [2.75, 3.05) is 0 Å². The van der Waals surface area contributed by atoms with Crippen molar-refractivity contribution in [1.29, 1.82) is 0 Å². The van der Waals surface area contributed by atoms with E-state index in [1.165, 1.54) is 0 Å². The molecule has 0 N–H and O–H groups in total. The predicted molar refractivity (Wildman–Crippen MR) is 49.7 cm³/mol. The molecule has 1 rings (SSSR count). The van der Waals surface area contributed by atoms with E-state index < -0.39 is 33.2 Å². The van der Waals surface area contributed by atoms with Gasteiger partial charge in [-0.05, 0) is 0 Å². The van der Waals surface area contributed by atoms with Crippen molar-refractivity contribution in [3.05, 3.63) is 23.5 Å². The fraction of sp³-hybridized carbons (Fsp3) is 0.444. The van der Waals surface area contributed by atoms with E-state index >= 15 is 0 Å². The Morgan fingerprint density at radius 1 is 0.933 bits per heavy atom. The van der Waals surface area contributed by atoms with Gasteiger partial charge in [0.25, 0.3) is 11.9 Å². The molecule has 0 fully saturated rings. The molecule has 0 aliphatic carbocycles. The summed E-state index contributed by atoms with van der Waals surface area (Å²) in [6, 6.07) is 0. The molecule has 1 nitrogen and oxygen atoms in total. The molecule has 1 heterocycles. The van der Waals surface area contributed by atoms with E-state index in [1.807, 2.05) is 0 Å². The number of hydrogen-bond acceptors (Lipinski definition) is 2. The smallest absolute Gasteiger partial charge is 0.201 e. The van der Waals surface area contributed by atoms with Crippen LogP contribution in [-0.2, 0) is 0 Å². The molecule has 6 heteroatoms. The third-order valence-electron chi connectivity index (χ3n) is 1.37. The second kappa shape index (κ2) is 4.00. The van der Waals surface area contributed by atoms with Crippen LogP contribution in [0.15, 0.2) is 4.90 Å². The zero-order valence-electron chi connectivity index (χ0n) is 8.37. The highest BCUT2D eigenvalue weighted by Crippen LogP contribution is 2.36. The maximum atomic E-state index is 13.1. The Hall–Kier alpha value is -0.780. The second-order valence-electron chi connectivity index (χ2n) is 3.86. The number of aromatic nitrogens is 1. The van der Waals surface area contributed by atoms with Gasteiger partial charge in [0.1, 0.15) is 0 Å². The van der Waals surface area contributed by atoms with Crippen LogP contribution in [0.2, 0.25) is 0 Å². The van der Waals surface area contributed by atoms with Crippen molar-refractivity contribution in [3.63, 3.8) is 0 Å². The highest BCUT2D eigenvalue weighted by atomic mass is 32.2. The number of nitrogens with zero attached hydrogens (tertiary/aromatic N) is 1. The van der Waals surface area contributed by atoms with Crippen LogP contribution in [0.5, 0.6) is 0 Å². The Labute approximate surface area is 88.9 Å². The lowest BCUT2D eigenvalue weighted by Gasteiger charge is -2.18. The molecule has 1 aromatic heterocycles. The second-order valence-corrected chi connectivity index (χ2v) is 5.70. The SMILES string of the molecule is CC(C)(C)Sc1c(F)c(F)nc(F)c1F. The molecular weight excluding hydrogens is 230 g/mol. The lowest BCUT2D eigenvalue weighted by atomic mass is 10.3. The van der Waals surface area contributed by atoms with Crippen LogP contribution in [0, 0.1) is 23.5 Å². The highest BCUT2D eigenvalue weighted by molar-refractivity contribution is 8.00. The van der Waals surface area contributed by atoms with Crippen molar-refractivity contribution in [1.82, 2.24) is 4.98 Å². The normalized spacial score (nSPS) is 11.9. The van der Waals surface area contributed by atoms with E-state index in [2.05, 4.69) is 4.98 Å². The number of pyridine rings is 1. The zero-order valence-corrected chi connectivity index (χ0v) is 9.18. The summed E-state index contributed by atoms with van der Waals surface area (Å²) >= 11 is 0.712. The number of halogens is 4. The Balaban J connectivity index is 3.27. The van der Waals surface area contributed by atoms with E-state index in [1.54, 1.807) is 20.8 Å². The average Bonchev–Trinajstić information content (AvgIpc) is 2.08. The molecular formula is C9H9F4NS. The molecule has 0 unspecified atom stereocenters. The van der Waals surface area contributed by atoms with E-state index in [0.29, 0.717) is 11.8 Å². The highest BCUT2D eigenvalue weighted by Gasteiger charge is 2.25. The van der Waals surface area contributed by atoms with Gasteiger partial charge >= 0.3 is 0 Å². The Morgan fingerprint density at radius 3 is 1.67 bits per heavy atom. The Bertz CT molecular complexity index is 360. The van der Waals surface area contributed by atoms with E-state index in [4.69, 9.17) is 0 Å². The summed E-state index contributed by atoms with van der Waals surface area (Å²) in [5.41, 5.74) is 0. The molecule has 1 aromatic rings. The van der Waals surface area contributed by atoms with Gasteiger partial charge < -0.3 is 0 Å². The van der Waals surface area contributed by atoms with Crippen LogP contribution >= 0.6 is 11.8 Å². The van der Waals surface area contributed by atoms with Gasteiger partial charge in [0.15, 0.2) is 11.6 Å². The Morgan fingerprint density at radius 2 is 1.33 bits per heavy atom. The molecule has 0 radical (unpaired) electrons. The maximum Gasteiger partial charge on any atom is 0.252 e. The molecule has 0 saturated carbocycles. The first-order valence-electron chi connectivity index (χ1n) is 4.11. The molecule has 0 aliphatic rings. The summed E-state index contributed by atoms with van der Waals surface area (Å²) in [6.45, 7) is 5.02. The topological polar surface area (TPSA) is 12.9 Å². The lowest BCUT2D eigenvalue weighted by molar-refractivity contribution is 0.383. The maximum absolute atomic E-state index is 13.1. The van der Waals surface area contributed by atoms with Crippen molar-refractivity contribution in [2.24, 2.45) is 0 Å². The van der Waals surface area contributed by atoms with Gasteiger partial charge in [-0.15, -0.1) is 11.8 Å². The molecule has 0 atom stereocenters. The monoisotopic (exact) mass is 239 g/mol. The summed E-state index contributed by atoms with van der Waals surface area (Å²) in [7, 11) is 0. The minimum Gasteiger partial charge on any atom is -0.201 e. The molecule has 0 amide bonds. The first-order chi connectivity index (χ1) is 6.72. The summed E-state index contributed by atoms with van der Waals surface area (Å²) in [4.78, 5) is 1.79. The van der Waals surface area contributed by atoms with Crippen LogP contribution in [-0.4, -0.2) is 9.73 Å². The van der Waals surface area contributed by atoms with Gasteiger partial charge in [0, 0.05) is 4.75 Å². The van der Waals surface area contributed by atoms with Crippen LogP contribution in [0.25, 0.3) is 0 Å². The minimum atomic E-state index is -1.62. The lowest BCUT2D eigenvalue weighted by Crippen LogP contribution is -2.11. The average molecular weight is 239 g/mol. The summed E-state index contributed by atoms with van der Waals surface area (Å²) in [6.07, 6.45) is 0. The van der Waals surface area contributed by atoms with Gasteiger partial charge in [-0.1, -0.05) is 20.8 Å². The van der Waals surface area contributed by atoms with Crippen LogP contribution < -0.4 is 0 Å². The fourth-order valence-corrected chi connectivity index (χ4v) is 1.82. The van der Waals surface area contributed by atoms with Gasteiger partial charge in [0.2, 0.25) is 0 Å². The third kappa shape index (κ3) is 2.84. The molecule has 0 spiro atoms. The zero-order chi connectivity index (χ0) is 11.8. The molecule has 15 heavy (non-hydrogen) atoms. The van der Waals surface area contributed by atoms with Crippen molar-refractivity contribution >= 4 is 11.8 Å². The number of rotatable bonds is 1. The quantitative estimate of drug-likeness (QED) is 0.422. The predicted octanol–water partition coefficient (Wildman–Crippen LogP) is 3.53. The number of thioether (sulfide) groups is 1. The van der Waals surface area contributed by atoms with Gasteiger partial charge in [-0.2, -0.15) is 13.8 Å². The third-order valence-corrected chi connectivity index (χ3v) is 2.54. The molecule has 84 valence electrons. The first kappa shape index (κ1) is 12.3. The number of hydrogen-bond donors (Lipinski definition) is 0. The van der Waals surface area contributed by atoms with Crippen LogP contribution in [0.4, 0.5) is 17.6 Å². The van der Waals surface area contributed by atoms with E-state index in [9.17, 15) is 17.6 Å². The molecule has 0 aromatic carbocycles. The van der Waals surface area contributed by atoms with Gasteiger partial charge in [-0.3, -0.25) is 0 Å². The fourth-order valence-electron chi connectivity index (χ4n) is 0.864. The molecule has 0 aliphatic heterocycles. The Kier molecular flexibility index (Phi) is 3.28. The van der Waals surface area contributed by atoms with Gasteiger partial charge in [-0.25, -0.2) is 8.78 Å². The molecule has 0 bridgehead atoms. The van der Waals surface area contributed by atoms with Crippen LogP contribution in [0.3, 0.4) is 0 Å². The minimum absolute atomic E-state index is 0.554. The van der Waals surface area contributed by atoms with Crippen molar-refractivity contribution < 1.29 is 17.6 Å². The summed E-state index contributed by atoms with van der Waals surface area (Å²) < 4.78 is 51.0. The standard InChI is InChI=1S/C9H9F4NS/c1-9(2,3)15-6-4(10)7(12)14-8(13)5(6)11/h1-3H3. The van der Waals surface area contributed by atoms with E-state index in [0.717, 1.165) is 0 Å².